The molecule has 2 aromatic rings. The molecule has 0 radical (unpaired) electrons. The summed E-state index contributed by atoms with van der Waals surface area (Å²) in [7, 11) is 0. The van der Waals surface area contributed by atoms with Gasteiger partial charge in [0.15, 0.2) is 0 Å². The summed E-state index contributed by atoms with van der Waals surface area (Å²) in [5.41, 5.74) is 2.47. The number of nitrogens with zero attached hydrogens (tertiary/aromatic N) is 3. The monoisotopic (exact) mass is 371 g/mol. The molecule has 2 heterocycles. The number of hydrogen-bond donors (Lipinski definition) is 1. The fourth-order valence-electron chi connectivity index (χ4n) is 3.65. The van der Waals surface area contributed by atoms with Crippen molar-refractivity contribution in [2.24, 2.45) is 5.92 Å². The number of likely N-dealkylation sites (tertiary alicyclic amines) is 1. The molecule has 1 aliphatic heterocycles. The minimum atomic E-state index is -0.483. The Morgan fingerprint density at radius 2 is 2.07 bits per heavy atom. The Bertz CT molecular complexity index is 726. The Labute approximate surface area is 163 Å². The van der Waals surface area contributed by atoms with Crippen LogP contribution in [0.25, 0.3) is 0 Å². The van der Waals surface area contributed by atoms with Gasteiger partial charge in [-0.1, -0.05) is 39.8 Å². The summed E-state index contributed by atoms with van der Waals surface area (Å²) in [6.45, 7) is 12.1. The SMILES string of the molecule is CC(C)Cn1cncc1CN1CC[C@@H](Oc2cccc(C(C)C)c2)[C@H](O)C1. The molecule has 27 heavy (non-hydrogen) atoms. The maximum atomic E-state index is 10.6. The van der Waals surface area contributed by atoms with Gasteiger partial charge in [-0.3, -0.25) is 4.90 Å². The molecule has 1 N–H and O–H groups in total. The number of ether oxygens (including phenoxy) is 1. The van der Waals surface area contributed by atoms with Crippen LogP contribution in [-0.4, -0.2) is 44.9 Å². The molecule has 1 saturated heterocycles. The molecule has 1 aliphatic rings. The second kappa shape index (κ2) is 8.89. The molecule has 0 spiro atoms. The van der Waals surface area contributed by atoms with Crippen molar-refractivity contribution in [1.82, 2.24) is 14.5 Å². The molecule has 0 unspecified atom stereocenters. The van der Waals surface area contributed by atoms with Crippen molar-refractivity contribution in [3.05, 3.63) is 48.0 Å². The first kappa shape index (κ1) is 19.9. The number of imidazole rings is 1. The number of aliphatic hydroxyl groups excluding tert-OH is 1. The summed E-state index contributed by atoms with van der Waals surface area (Å²) < 4.78 is 8.34. The van der Waals surface area contributed by atoms with E-state index in [1.165, 1.54) is 11.3 Å². The average molecular weight is 372 g/mol. The van der Waals surface area contributed by atoms with E-state index in [0.29, 0.717) is 18.4 Å². The summed E-state index contributed by atoms with van der Waals surface area (Å²) in [6, 6.07) is 8.22. The van der Waals surface area contributed by atoms with Gasteiger partial charge in [0.2, 0.25) is 0 Å². The van der Waals surface area contributed by atoms with E-state index in [1.54, 1.807) is 0 Å². The average Bonchev–Trinajstić information content (AvgIpc) is 3.03. The highest BCUT2D eigenvalue weighted by Crippen LogP contribution is 2.24. The smallest absolute Gasteiger partial charge is 0.127 e. The molecule has 0 bridgehead atoms. The molecule has 3 rings (SSSR count). The van der Waals surface area contributed by atoms with E-state index in [-0.39, 0.29) is 6.10 Å². The van der Waals surface area contributed by atoms with Crippen molar-refractivity contribution in [2.45, 2.75) is 65.3 Å². The lowest BCUT2D eigenvalue weighted by atomic mass is 10.0. The van der Waals surface area contributed by atoms with Gasteiger partial charge in [-0.25, -0.2) is 4.98 Å². The third kappa shape index (κ3) is 5.33. The van der Waals surface area contributed by atoms with Crippen molar-refractivity contribution < 1.29 is 9.84 Å². The Kier molecular flexibility index (Phi) is 6.55. The summed E-state index contributed by atoms with van der Waals surface area (Å²) in [5, 5.41) is 10.6. The summed E-state index contributed by atoms with van der Waals surface area (Å²) in [4.78, 5) is 6.60. The minimum Gasteiger partial charge on any atom is -0.488 e. The lowest BCUT2D eigenvalue weighted by molar-refractivity contribution is -0.0280. The van der Waals surface area contributed by atoms with Crippen molar-refractivity contribution in [1.29, 1.82) is 0 Å². The Morgan fingerprint density at radius 3 is 2.78 bits per heavy atom. The third-order valence-corrected chi connectivity index (χ3v) is 5.16. The number of β-amino-alcohol motifs (C(OH)–C–C–N with tert-alkyl or cyclic N) is 1. The van der Waals surface area contributed by atoms with Gasteiger partial charge in [-0.15, -0.1) is 0 Å². The summed E-state index contributed by atoms with van der Waals surface area (Å²) in [5.74, 6) is 1.91. The van der Waals surface area contributed by atoms with Gasteiger partial charge in [-0.2, -0.15) is 0 Å². The van der Waals surface area contributed by atoms with Gasteiger partial charge in [0, 0.05) is 32.4 Å². The minimum absolute atomic E-state index is 0.149. The molecule has 0 aliphatic carbocycles. The Balaban J connectivity index is 1.56. The normalized spacial score (nSPS) is 21.1. The molecule has 0 amide bonds. The number of hydrogen-bond acceptors (Lipinski definition) is 4. The molecule has 2 atom stereocenters. The number of aliphatic hydroxyl groups is 1. The second-order valence-electron chi connectivity index (χ2n) is 8.41. The largest absolute Gasteiger partial charge is 0.488 e. The predicted molar refractivity (Wildman–Crippen MR) is 108 cm³/mol. The van der Waals surface area contributed by atoms with Gasteiger partial charge in [0.1, 0.15) is 18.0 Å². The summed E-state index contributed by atoms with van der Waals surface area (Å²) in [6.07, 6.45) is 4.04. The number of piperidine rings is 1. The zero-order valence-corrected chi connectivity index (χ0v) is 17.0. The van der Waals surface area contributed by atoms with Gasteiger partial charge in [0.25, 0.3) is 0 Å². The van der Waals surface area contributed by atoms with Crippen molar-refractivity contribution in [2.75, 3.05) is 13.1 Å². The number of rotatable bonds is 7. The van der Waals surface area contributed by atoms with E-state index in [2.05, 4.69) is 54.3 Å². The van der Waals surface area contributed by atoms with Crippen molar-refractivity contribution >= 4 is 0 Å². The topological polar surface area (TPSA) is 50.5 Å². The molecule has 148 valence electrons. The second-order valence-corrected chi connectivity index (χ2v) is 8.41. The molecule has 0 saturated carbocycles. The van der Waals surface area contributed by atoms with Crippen LogP contribution in [0.3, 0.4) is 0 Å². The molecular formula is C22H33N3O2. The highest BCUT2D eigenvalue weighted by atomic mass is 16.5. The van der Waals surface area contributed by atoms with Crippen LogP contribution >= 0.6 is 0 Å². The van der Waals surface area contributed by atoms with Gasteiger partial charge >= 0.3 is 0 Å². The Morgan fingerprint density at radius 1 is 1.26 bits per heavy atom. The van der Waals surface area contributed by atoms with E-state index in [0.717, 1.165) is 31.8 Å². The quantitative estimate of drug-likeness (QED) is 0.807. The van der Waals surface area contributed by atoms with Gasteiger partial charge in [0.05, 0.1) is 12.0 Å². The van der Waals surface area contributed by atoms with Crippen molar-refractivity contribution in [3.63, 3.8) is 0 Å². The van der Waals surface area contributed by atoms with E-state index in [9.17, 15) is 5.11 Å². The highest BCUT2D eigenvalue weighted by Gasteiger charge is 2.29. The fraction of sp³-hybridized carbons (Fsp3) is 0.591. The van der Waals surface area contributed by atoms with Crippen LogP contribution in [0.5, 0.6) is 5.75 Å². The lowest BCUT2D eigenvalue weighted by Gasteiger charge is -2.36. The first-order valence-electron chi connectivity index (χ1n) is 10.1. The summed E-state index contributed by atoms with van der Waals surface area (Å²) >= 11 is 0. The standard InChI is InChI=1S/C22H33N3O2/c1-16(2)12-25-15-23-11-19(25)13-24-9-8-22(21(26)14-24)27-20-7-5-6-18(10-20)17(3)4/h5-7,10-11,15-17,21-22,26H,8-9,12-14H2,1-4H3/t21-,22-/m1/s1. The van der Waals surface area contributed by atoms with E-state index < -0.39 is 6.10 Å². The lowest BCUT2D eigenvalue weighted by Crippen LogP contribution is -2.48. The van der Waals surface area contributed by atoms with Gasteiger partial charge < -0.3 is 14.4 Å². The molecule has 5 nitrogen and oxygen atoms in total. The zero-order valence-electron chi connectivity index (χ0n) is 17.0. The molecular weight excluding hydrogens is 338 g/mol. The maximum Gasteiger partial charge on any atom is 0.127 e. The maximum absolute atomic E-state index is 10.6. The van der Waals surface area contributed by atoms with Crippen molar-refractivity contribution in [3.8, 4) is 5.75 Å². The van der Waals surface area contributed by atoms with Crippen LogP contribution in [0.4, 0.5) is 0 Å². The van der Waals surface area contributed by atoms with Gasteiger partial charge in [-0.05, 0) is 36.0 Å². The van der Waals surface area contributed by atoms with Crippen LogP contribution in [0.1, 0.15) is 51.3 Å². The van der Waals surface area contributed by atoms with E-state index in [4.69, 9.17) is 4.74 Å². The zero-order chi connectivity index (χ0) is 19.4. The first-order chi connectivity index (χ1) is 12.9. The fourth-order valence-corrected chi connectivity index (χ4v) is 3.65. The number of benzene rings is 1. The van der Waals surface area contributed by atoms with E-state index in [1.807, 2.05) is 24.7 Å². The molecule has 1 aromatic carbocycles. The number of aromatic nitrogens is 2. The third-order valence-electron chi connectivity index (χ3n) is 5.16. The van der Waals surface area contributed by atoms with Crippen LogP contribution in [-0.2, 0) is 13.1 Å². The molecule has 5 heteroatoms. The Hall–Kier alpha value is -1.85. The first-order valence-corrected chi connectivity index (χ1v) is 10.1. The highest BCUT2D eigenvalue weighted by molar-refractivity contribution is 5.30. The van der Waals surface area contributed by atoms with E-state index >= 15 is 0 Å². The molecule has 1 fully saturated rings. The van der Waals surface area contributed by atoms with Crippen LogP contribution < -0.4 is 4.74 Å². The van der Waals surface area contributed by atoms with Crippen LogP contribution in [0.2, 0.25) is 0 Å². The van der Waals surface area contributed by atoms with Crippen LogP contribution in [0.15, 0.2) is 36.8 Å². The molecule has 1 aromatic heterocycles. The van der Waals surface area contributed by atoms with Crippen LogP contribution in [0, 0.1) is 5.92 Å². The predicted octanol–water partition coefficient (Wildman–Crippen LogP) is 3.68.